The zero-order valence-corrected chi connectivity index (χ0v) is 23.3. The van der Waals surface area contributed by atoms with Crippen LogP contribution in [-0.2, 0) is 33.0 Å². The third kappa shape index (κ3) is 7.04. The molecule has 0 bridgehead atoms. The molecule has 5 rings (SSSR count). The Morgan fingerprint density at radius 1 is 0.690 bits per heavy atom. The van der Waals surface area contributed by atoms with E-state index in [4.69, 9.17) is 14.3 Å². The molecule has 214 valence electrons. The number of oxime groups is 1. The molecule has 0 heterocycles. The number of carboxylic acid groups (broad SMARTS) is 1. The van der Waals surface area contributed by atoms with Crippen LogP contribution in [0.4, 0.5) is 0 Å². The van der Waals surface area contributed by atoms with Crippen molar-refractivity contribution >= 4 is 17.8 Å². The zero-order valence-electron chi connectivity index (χ0n) is 23.3. The van der Waals surface area contributed by atoms with E-state index in [1.165, 1.54) is 0 Å². The first-order chi connectivity index (χ1) is 20.5. The first-order valence-corrected chi connectivity index (χ1v) is 14.1. The van der Waals surface area contributed by atoms with Gasteiger partial charge in [0.25, 0.3) is 5.90 Å². The number of nitrogens with zero attached hydrogens (tertiary/aromatic N) is 1. The minimum Gasteiger partial charge on any atom is -0.478 e. The quantitative estimate of drug-likeness (QED) is 0.0716. The topological polar surface area (TPSA) is 94.4 Å². The number of aromatic carboxylic acids is 1. The molecule has 0 saturated heterocycles. The summed E-state index contributed by atoms with van der Waals surface area (Å²) in [6.07, 6.45) is 4.15. The van der Waals surface area contributed by atoms with Gasteiger partial charge in [0, 0.05) is 5.56 Å². The van der Waals surface area contributed by atoms with E-state index in [0.29, 0.717) is 43.3 Å². The predicted octanol–water partition coefficient (Wildman–Crippen LogP) is 7.29. The second-order valence-electron chi connectivity index (χ2n) is 10.4. The minimum atomic E-state index is -0.997. The highest BCUT2D eigenvalue weighted by Gasteiger charge is 2.43. The molecule has 1 aliphatic rings. The second kappa shape index (κ2) is 13.6. The van der Waals surface area contributed by atoms with Crippen LogP contribution in [0.1, 0.15) is 64.7 Å². The Hall–Kier alpha value is -4.91. The summed E-state index contributed by atoms with van der Waals surface area (Å²) in [6.45, 7) is 0.610. The van der Waals surface area contributed by atoms with Crippen LogP contribution >= 0.6 is 0 Å². The van der Waals surface area contributed by atoms with Gasteiger partial charge in [0.15, 0.2) is 0 Å². The van der Waals surface area contributed by atoms with Gasteiger partial charge < -0.3 is 19.4 Å². The summed E-state index contributed by atoms with van der Waals surface area (Å²) in [5.41, 5.74) is 2.81. The monoisotopic (exact) mass is 563 g/mol. The summed E-state index contributed by atoms with van der Waals surface area (Å²) < 4.78 is 12.0. The number of benzene rings is 4. The highest BCUT2D eigenvalue weighted by molar-refractivity contribution is 5.94. The zero-order chi connectivity index (χ0) is 29.2. The fraction of sp³-hybridized carbons (Fsp3) is 0.229. The first-order valence-electron chi connectivity index (χ1n) is 14.1. The van der Waals surface area contributed by atoms with Crippen LogP contribution in [0.25, 0.3) is 0 Å². The maximum absolute atomic E-state index is 13.7. The average molecular weight is 564 g/mol. The van der Waals surface area contributed by atoms with Crippen LogP contribution in [0.5, 0.6) is 5.75 Å². The molecule has 0 radical (unpaired) electrons. The highest BCUT2D eigenvalue weighted by Crippen LogP contribution is 2.41. The van der Waals surface area contributed by atoms with E-state index in [9.17, 15) is 14.7 Å². The van der Waals surface area contributed by atoms with Gasteiger partial charge in [-0.1, -0.05) is 92.1 Å². The molecule has 1 saturated carbocycles. The molecule has 1 fully saturated rings. The normalized spacial score (nSPS) is 14.5. The van der Waals surface area contributed by atoms with Crippen molar-refractivity contribution in [3.63, 3.8) is 0 Å². The fourth-order valence-electron chi connectivity index (χ4n) is 5.20. The Bertz CT molecular complexity index is 1490. The number of carbonyl (C=O) groups is 2. The van der Waals surface area contributed by atoms with Crippen molar-refractivity contribution < 1.29 is 29.0 Å². The van der Waals surface area contributed by atoms with Crippen molar-refractivity contribution in [2.24, 2.45) is 5.16 Å². The second-order valence-corrected chi connectivity index (χ2v) is 10.4. The molecule has 0 aliphatic heterocycles. The van der Waals surface area contributed by atoms with E-state index in [-0.39, 0.29) is 11.5 Å². The van der Waals surface area contributed by atoms with Gasteiger partial charge >= 0.3 is 11.9 Å². The maximum atomic E-state index is 13.7. The van der Waals surface area contributed by atoms with Gasteiger partial charge in [0.05, 0.1) is 11.0 Å². The molecule has 42 heavy (non-hydrogen) atoms. The summed E-state index contributed by atoms with van der Waals surface area (Å²) in [7, 11) is 0. The van der Waals surface area contributed by atoms with Gasteiger partial charge in [-0.3, -0.25) is 4.79 Å². The third-order valence-corrected chi connectivity index (χ3v) is 7.53. The number of hydrogen-bond donors (Lipinski definition) is 1. The van der Waals surface area contributed by atoms with Gasteiger partial charge in [-0.25, -0.2) is 4.79 Å². The van der Waals surface area contributed by atoms with Crippen molar-refractivity contribution in [1.29, 1.82) is 0 Å². The summed E-state index contributed by atoms with van der Waals surface area (Å²) in [5, 5.41) is 13.6. The predicted molar refractivity (Wildman–Crippen MR) is 159 cm³/mol. The summed E-state index contributed by atoms with van der Waals surface area (Å²) in [4.78, 5) is 30.6. The van der Waals surface area contributed by atoms with E-state index in [2.05, 4.69) is 5.16 Å². The van der Waals surface area contributed by atoms with Crippen molar-refractivity contribution in [2.45, 2.75) is 50.7 Å². The van der Waals surface area contributed by atoms with E-state index < -0.39 is 11.4 Å². The molecule has 4 aromatic carbocycles. The lowest BCUT2D eigenvalue weighted by atomic mass is 9.69. The number of esters is 1. The molecule has 7 nitrogen and oxygen atoms in total. The fourth-order valence-corrected chi connectivity index (χ4v) is 5.20. The molecular weight excluding hydrogens is 530 g/mol. The smallest absolute Gasteiger partial charge is 0.335 e. The summed E-state index contributed by atoms with van der Waals surface area (Å²) in [5.74, 6) is -0.611. The first kappa shape index (κ1) is 28.6. The Kier molecular flexibility index (Phi) is 9.29. The molecule has 0 atom stereocenters. The number of carboxylic acids is 1. The molecule has 0 unspecified atom stereocenters. The Morgan fingerprint density at radius 2 is 1.26 bits per heavy atom. The Labute approximate surface area is 245 Å². The van der Waals surface area contributed by atoms with Crippen LogP contribution in [0.3, 0.4) is 0 Å². The molecule has 0 amide bonds. The Balaban J connectivity index is 1.32. The summed E-state index contributed by atoms with van der Waals surface area (Å²) >= 11 is 0. The van der Waals surface area contributed by atoms with E-state index in [1.54, 1.807) is 48.5 Å². The molecule has 0 spiro atoms. The average Bonchev–Trinajstić information content (AvgIpc) is 3.04. The van der Waals surface area contributed by atoms with Crippen molar-refractivity contribution in [1.82, 2.24) is 0 Å². The molecule has 4 aromatic rings. The van der Waals surface area contributed by atoms with E-state index in [0.717, 1.165) is 36.0 Å². The lowest BCUT2D eigenvalue weighted by Crippen LogP contribution is -2.41. The van der Waals surface area contributed by atoms with Crippen LogP contribution in [0.2, 0.25) is 0 Å². The van der Waals surface area contributed by atoms with Crippen LogP contribution in [0.15, 0.2) is 114 Å². The molecule has 0 aromatic heterocycles. The lowest BCUT2D eigenvalue weighted by molar-refractivity contribution is -0.142. The third-order valence-electron chi connectivity index (χ3n) is 7.53. The molecule has 7 heteroatoms. The van der Waals surface area contributed by atoms with Gasteiger partial charge in [0.2, 0.25) is 0 Å². The van der Waals surface area contributed by atoms with Gasteiger partial charge in [-0.15, -0.1) is 0 Å². The van der Waals surface area contributed by atoms with Crippen molar-refractivity contribution in [3.05, 3.63) is 137 Å². The standard InChI is InChI=1S/C35H33NO6/c37-33(38)29-14-18-30(19-15-29)35(22-8-3-9-23-35)34(39)42-31-20-16-28(17-21-31)32(40-24-26-10-4-1-5-11-26)36-41-25-27-12-6-2-7-13-27/h1-2,4-7,10-21H,3,8-9,22-25H2,(H,37,38)/b36-32+. The van der Waals surface area contributed by atoms with Gasteiger partial charge in [-0.2, -0.15) is 0 Å². The largest absolute Gasteiger partial charge is 0.478 e. The van der Waals surface area contributed by atoms with Crippen LogP contribution in [-0.4, -0.2) is 22.9 Å². The number of ether oxygens (including phenoxy) is 2. The van der Waals surface area contributed by atoms with Crippen LogP contribution < -0.4 is 4.74 Å². The van der Waals surface area contributed by atoms with E-state index in [1.807, 2.05) is 60.7 Å². The number of hydrogen-bond acceptors (Lipinski definition) is 6. The number of rotatable bonds is 10. The maximum Gasteiger partial charge on any atom is 0.335 e. The van der Waals surface area contributed by atoms with Crippen LogP contribution in [0, 0.1) is 0 Å². The summed E-state index contributed by atoms with van der Waals surface area (Å²) in [6, 6.07) is 33.1. The molecule has 1 aliphatic carbocycles. The van der Waals surface area contributed by atoms with Crippen molar-refractivity contribution in [3.8, 4) is 5.75 Å². The number of carbonyl (C=O) groups excluding carboxylic acids is 1. The van der Waals surface area contributed by atoms with Gasteiger partial charge in [-0.05, 0) is 71.1 Å². The molecular formula is C35H33NO6. The minimum absolute atomic E-state index is 0.188. The SMILES string of the molecule is O=C(O)c1ccc(C2(C(=O)Oc3ccc(/C(=N\OCc4ccccc4)OCc4ccccc4)cc3)CCCCC2)cc1. The highest BCUT2D eigenvalue weighted by atomic mass is 16.6. The van der Waals surface area contributed by atoms with Crippen molar-refractivity contribution in [2.75, 3.05) is 0 Å². The van der Waals surface area contributed by atoms with E-state index >= 15 is 0 Å². The molecule has 1 N–H and O–H groups in total. The Morgan fingerprint density at radius 3 is 1.86 bits per heavy atom. The van der Waals surface area contributed by atoms with Gasteiger partial charge in [0.1, 0.15) is 19.0 Å². The lowest BCUT2D eigenvalue weighted by Gasteiger charge is -2.35.